The molecule has 1 unspecified atom stereocenters. The van der Waals surface area contributed by atoms with Gasteiger partial charge in [0.1, 0.15) is 17.5 Å². The lowest BCUT2D eigenvalue weighted by atomic mass is 10.1. The van der Waals surface area contributed by atoms with Crippen molar-refractivity contribution in [2.24, 2.45) is 7.05 Å². The standard InChI is InChI=1S/C23H20F3N9O/c1-33-19(3-6-28-33)30-18-8-14(2-5-27-18)16-9-20-31-32-22-15(4-7-36-21(10-16)35(20)22)12-34-13-17(11-29-34)23(24,25)26/h2-3,5-6,8-11,13,15H,4,7,12H2,1H3,(H,27,30). The molecule has 5 aromatic rings. The molecule has 5 aromatic heterocycles. The average Bonchev–Trinajstić information content (AvgIpc) is 3.56. The molecule has 184 valence electrons. The molecule has 0 fully saturated rings. The van der Waals surface area contributed by atoms with E-state index in [2.05, 4.69) is 30.7 Å². The summed E-state index contributed by atoms with van der Waals surface area (Å²) in [5.74, 6) is 2.43. The maximum Gasteiger partial charge on any atom is 0.419 e. The molecule has 6 heterocycles. The summed E-state index contributed by atoms with van der Waals surface area (Å²) >= 11 is 0. The number of anilines is 2. The summed E-state index contributed by atoms with van der Waals surface area (Å²) in [6, 6.07) is 9.45. The second-order valence-electron chi connectivity index (χ2n) is 8.51. The molecule has 6 rings (SSSR count). The van der Waals surface area contributed by atoms with E-state index in [4.69, 9.17) is 4.74 Å². The average molecular weight is 495 g/mol. The summed E-state index contributed by atoms with van der Waals surface area (Å²) in [6.07, 6.45) is 1.37. The van der Waals surface area contributed by atoms with Gasteiger partial charge in [-0.1, -0.05) is 0 Å². The Labute approximate surface area is 202 Å². The zero-order chi connectivity index (χ0) is 24.9. The molecule has 13 heteroatoms. The van der Waals surface area contributed by atoms with Gasteiger partial charge in [-0.05, 0) is 35.7 Å². The first-order valence-corrected chi connectivity index (χ1v) is 11.2. The van der Waals surface area contributed by atoms with Crippen LogP contribution in [0, 0.1) is 0 Å². The Morgan fingerprint density at radius 3 is 2.75 bits per heavy atom. The zero-order valence-electron chi connectivity index (χ0n) is 19.0. The molecule has 0 aromatic carbocycles. The molecular formula is C23H20F3N9O. The Balaban J connectivity index is 1.31. The minimum absolute atomic E-state index is 0.219. The van der Waals surface area contributed by atoms with Crippen molar-refractivity contribution in [1.82, 2.24) is 39.1 Å². The van der Waals surface area contributed by atoms with E-state index in [0.29, 0.717) is 36.2 Å². The molecule has 0 spiro atoms. The summed E-state index contributed by atoms with van der Waals surface area (Å²) < 4.78 is 49.8. The van der Waals surface area contributed by atoms with Crippen LogP contribution in [0.4, 0.5) is 24.8 Å². The molecule has 1 aliphatic rings. The molecule has 0 saturated heterocycles. The number of pyridine rings is 2. The van der Waals surface area contributed by atoms with Crippen LogP contribution in [-0.4, -0.2) is 45.7 Å². The minimum atomic E-state index is -4.43. The second kappa shape index (κ2) is 8.36. The van der Waals surface area contributed by atoms with E-state index >= 15 is 0 Å². The molecule has 0 aliphatic carbocycles. The molecule has 1 aliphatic heterocycles. The van der Waals surface area contributed by atoms with E-state index in [1.54, 1.807) is 17.1 Å². The monoisotopic (exact) mass is 495 g/mol. The van der Waals surface area contributed by atoms with E-state index in [0.717, 1.165) is 29.3 Å². The molecule has 10 nitrogen and oxygen atoms in total. The summed E-state index contributed by atoms with van der Waals surface area (Å²) in [7, 11) is 1.84. The number of hydrogen-bond acceptors (Lipinski definition) is 7. The highest BCUT2D eigenvalue weighted by Gasteiger charge is 2.33. The fourth-order valence-corrected chi connectivity index (χ4v) is 4.29. The van der Waals surface area contributed by atoms with Crippen LogP contribution >= 0.6 is 0 Å². The number of alkyl halides is 3. The Morgan fingerprint density at radius 2 is 1.97 bits per heavy atom. The van der Waals surface area contributed by atoms with Gasteiger partial charge in [0.25, 0.3) is 0 Å². The lowest BCUT2D eigenvalue weighted by molar-refractivity contribution is -0.137. The molecule has 1 atom stereocenters. The highest BCUT2D eigenvalue weighted by atomic mass is 19.4. The fourth-order valence-electron chi connectivity index (χ4n) is 4.29. The van der Waals surface area contributed by atoms with Crippen LogP contribution in [0.2, 0.25) is 0 Å². The Morgan fingerprint density at radius 1 is 1.08 bits per heavy atom. The third kappa shape index (κ3) is 4.01. The van der Waals surface area contributed by atoms with Crippen molar-refractivity contribution >= 4 is 17.3 Å². The van der Waals surface area contributed by atoms with Crippen molar-refractivity contribution in [2.75, 3.05) is 11.9 Å². The lowest BCUT2D eigenvalue weighted by Gasteiger charge is -2.12. The van der Waals surface area contributed by atoms with E-state index in [1.807, 2.05) is 41.8 Å². The van der Waals surface area contributed by atoms with Crippen LogP contribution in [0.15, 0.2) is 55.1 Å². The third-order valence-electron chi connectivity index (χ3n) is 6.12. The number of nitrogens with zero attached hydrogens (tertiary/aromatic N) is 8. The van der Waals surface area contributed by atoms with Crippen LogP contribution in [0.3, 0.4) is 0 Å². The van der Waals surface area contributed by atoms with Gasteiger partial charge >= 0.3 is 6.18 Å². The van der Waals surface area contributed by atoms with Gasteiger partial charge in [-0.2, -0.15) is 23.4 Å². The minimum Gasteiger partial charge on any atom is -0.478 e. The van der Waals surface area contributed by atoms with Crippen LogP contribution in [0.25, 0.3) is 16.8 Å². The molecule has 0 saturated carbocycles. The quantitative estimate of drug-likeness (QED) is 0.393. The van der Waals surface area contributed by atoms with Gasteiger partial charge < -0.3 is 10.1 Å². The van der Waals surface area contributed by atoms with Gasteiger partial charge in [-0.3, -0.25) is 9.36 Å². The van der Waals surface area contributed by atoms with Crippen LogP contribution in [-0.2, 0) is 19.8 Å². The van der Waals surface area contributed by atoms with Gasteiger partial charge in [0.05, 0.1) is 31.1 Å². The molecule has 1 N–H and O–H groups in total. The second-order valence-corrected chi connectivity index (χ2v) is 8.51. The topological polar surface area (TPSA) is 100.0 Å². The third-order valence-corrected chi connectivity index (χ3v) is 6.12. The van der Waals surface area contributed by atoms with Crippen molar-refractivity contribution in [2.45, 2.75) is 25.1 Å². The number of ether oxygens (including phenoxy) is 1. The summed E-state index contributed by atoms with van der Waals surface area (Å²) in [6.45, 7) is 0.610. The number of halogens is 3. The van der Waals surface area contributed by atoms with Crippen LogP contribution < -0.4 is 10.1 Å². The number of aryl methyl sites for hydroxylation is 1. The summed E-state index contributed by atoms with van der Waals surface area (Å²) in [5.41, 5.74) is 1.57. The zero-order valence-corrected chi connectivity index (χ0v) is 19.0. The van der Waals surface area contributed by atoms with Crippen LogP contribution in [0.5, 0.6) is 5.88 Å². The van der Waals surface area contributed by atoms with Gasteiger partial charge in [-0.15, -0.1) is 10.2 Å². The lowest BCUT2D eigenvalue weighted by Crippen LogP contribution is -2.13. The first-order chi connectivity index (χ1) is 17.3. The Bertz CT molecular complexity index is 1550. The van der Waals surface area contributed by atoms with Crippen molar-refractivity contribution in [3.05, 3.63) is 66.5 Å². The fraction of sp³-hybridized carbons (Fsp3) is 0.261. The number of nitrogens with one attached hydrogen (secondary N) is 1. The molecule has 0 bridgehead atoms. The molecule has 0 amide bonds. The highest BCUT2D eigenvalue weighted by Crippen LogP contribution is 2.34. The molecule has 36 heavy (non-hydrogen) atoms. The van der Waals surface area contributed by atoms with Gasteiger partial charge in [-0.25, -0.2) is 9.38 Å². The number of rotatable bonds is 5. The Kier molecular flexibility index (Phi) is 5.12. The van der Waals surface area contributed by atoms with Gasteiger partial charge in [0, 0.05) is 37.5 Å². The SMILES string of the molecule is Cn1nccc1Nc1cc(-c2cc3n4c(nnc4c2)C(Cn2cc(C(F)(F)F)cn2)CCO3)ccn1. The van der Waals surface area contributed by atoms with Gasteiger partial charge in [0.2, 0.25) is 5.88 Å². The van der Waals surface area contributed by atoms with E-state index in [9.17, 15) is 13.2 Å². The highest BCUT2D eigenvalue weighted by molar-refractivity contribution is 5.72. The van der Waals surface area contributed by atoms with Crippen LogP contribution in [0.1, 0.15) is 23.7 Å². The summed E-state index contributed by atoms with van der Waals surface area (Å²) in [5, 5.41) is 20.0. The molecular weight excluding hydrogens is 475 g/mol. The van der Waals surface area contributed by atoms with Crippen molar-refractivity contribution < 1.29 is 17.9 Å². The first kappa shape index (κ1) is 22.1. The van der Waals surface area contributed by atoms with Gasteiger partial charge in [0.15, 0.2) is 5.65 Å². The Hall–Kier alpha value is -4.42. The maximum atomic E-state index is 13.0. The summed E-state index contributed by atoms with van der Waals surface area (Å²) in [4.78, 5) is 4.39. The van der Waals surface area contributed by atoms with E-state index in [1.165, 1.54) is 4.68 Å². The predicted octanol–water partition coefficient (Wildman–Crippen LogP) is 4.05. The molecule has 0 radical (unpaired) electrons. The van der Waals surface area contributed by atoms with Crippen molar-refractivity contribution in [1.29, 1.82) is 0 Å². The van der Waals surface area contributed by atoms with E-state index < -0.39 is 11.7 Å². The first-order valence-electron chi connectivity index (χ1n) is 11.2. The largest absolute Gasteiger partial charge is 0.478 e. The smallest absolute Gasteiger partial charge is 0.419 e. The number of hydrogen-bond donors (Lipinski definition) is 1. The predicted molar refractivity (Wildman–Crippen MR) is 123 cm³/mol. The number of aromatic nitrogens is 8. The normalized spacial score (nSPS) is 15.6. The maximum absolute atomic E-state index is 13.0. The van der Waals surface area contributed by atoms with E-state index in [-0.39, 0.29) is 12.5 Å². The van der Waals surface area contributed by atoms with Crippen molar-refractivity contribution in [3.8, 4) is 17.0 Å². The van der Waals surface area contributed by atoms with Crippen molar-refractivity contribution in [3.63, 3.8) is 0 Å².